The van der Waals surface area contributed by atoms with Gasteiger partial charge in [-0.1, -0.05) is 66.7 Å². The van der Waals surface area contributed by atoms with Gasteiger partial charge < -0.3 is 5.43 Å². The maximum Gasteiger partial charge on any atom is 0.0790 e. The number of aromatic nitrogens is 1. The second-order valence-corrected chi connectivity index (χ2v) is 5.89. The van der Waals surface area contributed by atoms with Gasteiger partial charge in [0, 0.05) is 23.2 Å². The van der Waals surface area contributed by atoms with Crippen LogP contribution in [0.3, 0.4) is 0 Å². The van der Waals surface area contributed by atoms with Gasteiger partial charge in [0.25, 0.3) is 0 Å². The zero-order valence-corrected chi connectivity index (χ0v) is 12.9. The molecule has 0 aliphatic heterocycles. The summed E-state index contributed by atoms with van der Waals surface area (Å²) in [6.45, 7) is 0. The second kappa shape index (κ2) is 4.50. The van der Waals surface area contributed by atoms with Gasteiger partial charge in [0.2, 0.25) is 0 Å². The van der Waals surface area contributed by atoms with Crippen molar-refractivity contribution in [2.45, 2.75) is 0 Å². The molecule has 0 fully saturated rings. The highest BCUT2D eigenvalue weighted by Gasteiger charge is 2.16. The first kappa shape index (κ1) is 12.5. The van der Waals surface area contributed by atoms with E-state index >= 15 is 0 Å². The van der Waals surface area contributed by atoms with E-state index in [0.29, 0.717) is 0 Å². The van der Waals surface area contributed by atoms with Crippen molar-refractivity contribution >= 4 is 43.4 Å². The van der Waals surface area contributed by atoms with Crippen molar-refractivity contribution in [1.82, 2.24) is 4.68 Å². The molecule has 0 unspecified atom stereocenters. The van der Waals surface area contributed by atoms with E-state index < -0.39 is 0 Å². The molecule has 110 valence electrons. The SMILES string of the molecule is CNn1c2ccccc2c2c3ccccc3c3ccccc3c21. The Balaban J connectivity index is 2.26. The fourth-order valence-corrected chi connectivity index (χ4v) is 3.86. The summed E-state index contributed by atoms with van der Waals surface area (Å²) in [5.41, 5.74) is 5.83. The Morgan fingerprint density at radius 3 is 1.83 bits per heavy atom. The second-order valence-electron chi connectivity index (χ2n) is 5.89. The standard InChI is InChI=1S/C21H16N2/c1-22-23-19-13-7-6-12-18(19)20-16-10-4-2-8-14(16)15-9-3-5-11-17(15)21(20)23/h2-13,22H,1H3. The molecular formula is C21H16N2. The van der Waals surface area contributed by atoms with Crippen LogP contribution >= 0.6 is 0 Å². The Labute approximate surface area is 133 Å². The minimum absolute atomic E-state index is 1.21. The molecule has 0 atom stereocenters. The van der Waals surface area contributed by atoms with E-state index in [-0.39, 0.29) is 0 Å². The van der Waals surface area contributed by atoms with E-state index in [0.717, 1.165) is 0 Å². The van der Waals surface area contributed by atoms with E-state index in [1.165, 1.54) is 43.4 Å². The minimum atomic E-state index is 1.21. The lowest BCUT2D eigenvalue weighted by Gasteiger charge is -2.10. The van der Waals surface area contributed by atoms with Crippen LogP contribution in [0.1, 0.15) is 0 Å². The van der Waals surface area contributed by atoms with Gasteiger partial charge in [0.05, 0.1) is 11.0 Å². The Morgan fingerprint density at radius 1 is 0.609 bits per heavy atom. The lowest BCUT2D eigenvalue weighted by atomic mass is 9.97. The molecule has 0 spiro atoms. The molecule has 23 heavy (non-hydrogen) atoms. The average Bonchev–Trinajstić information content (AvgIpc) is 2.97. The van der Waals surface area contributed by atoms with Crippen molar-refractivity contribution in [3.8, 4) is 0 Å². The number of para-hydroxylation sites is 1. The van der Waals surface area contributed by atoms with Gasteiger partial charge >= 0.3 is 0 Å². The smallest absolute Gasteiger partial charge is 0.0790 e. The summed E-state index contributed by atoms with van der Waals surface area (Å²) in [4.78, 5) is 0. The molecule has 2 heteroatoms. The van der Waals surface area contributed by atoms with Crippen LogP contribution in [0.4, 0.5) is 0 Å². The molecule has 5 aromatic rings. The van der Waals surface area contributed by atoms with Crippen LogP contribution in [0, 0.1) is 0 Å². The lowest BCUT2D eigenvalue weighted by Crippen LogP contribution is -2.07. The van der Waals surface area contributed by atoms with Crippen molar-refractivity contribution < 1.29 is 0 Å². The van der Waals surface area contributed by atoms with E-state index in [9.17, 15) is 0 Å². The molecule has 1 N–H and O–H groups in total. The summed E-state index contributed by atoms with van der Waals surface area (Å²) in [6.07, 6.45) is 0. The predicted molar refractivity (Wildman–Crippen MR) is 99.7 cm³/mol. The van der Waals surface area contributed by atoms with Gasteiger partial charge in [0.1, 0.15) is 0 Å². The lowest BCUT2D eigenvalue weighted by molar-refractivity contribution is 1.02. The maximum absolute atomic E-state index is 3.37. The molecule has 0 aliphatic carbocycles. The molecule has 0 radical (unpaired) electrons. The zero-order valence-electron chi connectivity index (χ0n) is 12.9. The Morgan fingerprint density at radius 2 is 1.13 bits per heavy atom. The molecule has 0 saturated carbocycles. The first-order valence-corrected chi connectivity index (χ1v) is 7.90. The first-order chi connectivity index (χ1) is 11.4. The Bertz CT molecular complexity index is 1200. The van der Waals surface area contributed by atoms with Crippen molar-refractivity contribution in [3.05, 3.63) is 72.8 Å². The molecule has 5 rings (SSSR count). The number of nitrogens with one attached hydrogen (secondary N) is 1. The summed E-state index contributed by atoms with van der Waals surface area (Å²) < 4.78 is 2.21. The van der Waals surface area contributed by atoms with Crippen LogP contribution in [-0.2, 0) is 0 Å². The number of fused-ring (bicyclic) bond motifs is 8. The highest BCUT2D eigenvalue weighted by atomic mass is 15.4. The Hall–Kier alpha value is -3.00. The normalized spacial score (nSPS) is 11.7. The molecule has 1 aromatic heterocycles. The van der Waals surface area contributed by atoms with Gasteiger partial charge in [-0.15, -0.1) is 0 Å². The highest BCUT2D eigenvalue weighted by Crippen LogP contribution is 2.39. The van der Waals surface area contributed by atoms with Crippen molar-refractivity contribution in [2.75, 3.05) is 12.5 Å². The third kappa shape index (κ3) is 1.53. The van der Waals surface area contributed by atoms with Crippen LogP contribution in [0.2, 0.25) is 0 Å². The molecule has 4 aromatic carbocycles. The molecule has 0 aliphatic rings. The predicted octanol–water partition coefficient (Wildman–Crippen LogP) is 5.27. The van der Waals surface area contributed by atoms with Crippen LogP contribution in [0.25, 0.3) is 43.4 Å². The summed E-state index contributed by atoms with van der Waals surface area (Å²) in [6, 6.07) is 26.0. The van der Waals surface area contributed by atoms with E-state index in [2.05, 4.69) is 82.9 Å². The van der Waals surface area contributed by atoms with Gasteiger partial charge in [-0.25, -0.2) is 0 Å². The number of benzene rings is 4. The number of nitrogens with zero attached hydrogens (tertiary/aromatic N) is 1. The van der Waals surface area contributed by atoms with Gasteiger partial charge in [-0.3, -0.25) is 4.68 Å². The maximum atomic E-state index is 3.37. The highest BCUT2D eigenvalue weighted by molar-refractivity contribution is 6.31. The molecule has 1 heterocycles. The summed E-state index contributed by atoms with van der Waals surface area (Å²) in [5, 5.41) is 7.82. The summed E-state index contributed by atoms with van der Waals surface area (Å²) in [7, 11) is 1.98. The molecule has 2 nitrogen and oxygen atoms in total. The minimum Gasteiger partial charge on any atom is -0.328 e. The summed E-state index contributed by atoms with van der Waals surface area (Å²) in [5.74, 6) is 0. The quantitative estimate of drug-likeness (QED) is 0.417. The molecule has 0 amide bonds. The fraction of sp³-hybridized carbons (Fsp3) is 0.0476. The first-order valence-electron chi connectivity index (χ1n) is 7.90. The number of rotatable bonds is 1. The van der Waals surface area contributed by atoms with Crippen LogP contribution < -0.4 is 5.43 Å². The molecular weight excluding hydrogens is 280 g/mol. The van der Waals surface area contributed by atoms with Crippen molar-refractivity contribution in [1.29, 1.82) is 0 Å². The van der Waals surface area contributed by atoms with Gasteiger partial charge in [-0.2, -0.15) is 0 Å². The van der Waals surface area contributed by atoms with Gasteiger partial charge in [-0.05, 0) is 22.2 Å². The largest absolute Gasteiger partial charge is 0.328 e. The van der Waals surface area contributed by atoms with E-state index in [4.69, 9.17) is 0 Å². The van der Waals surface area contributed by atoms with Gasteiger partial charge in [0.15, 0.2) is 0 Å². The monoisotopic (exact) mass is 296 g/mol. The number of hydrogen-bond acceptors (Lipinski definition) is 1. The Kier molecular flexibility index (Phi) is 2.45. The summed E-state index contributed by atoms with van der Waals surface area (Å²) >= 11 is 0. The fourth-order valence-electron chi connectivity index (χ4n) is 3.86. The molecule has 0 bridgehead atoms. The average molecular weight is 296 g/mol. The van der Waals surface area contributed by atoms with Crippen LogP contribution in [0.15, 0.2) is 72.8 Å². The van der Waals surface area contributed by atoms with Crippen molar-refractivity contribution in [3.63, 3.8) is 0 Å². The van der Waals surface area contributed by atoms with E-state index in [1.54, 1.807) is 0 Å². The van der Waals surface area contributed by atoms with Crippen LogP contribution in [-0.4, -0.2) is 11.7 Å². The zero-order chi connectivity index (χ0) is 15.4. The molecule has 0 saturated heterocycles. The van der Waals surface area contributed by atoms with Crippen molar-refractivity contribution in [2.24, 2.45) is 0 Å². The van der Waals surface area contributed by atoms with Crippen LogP contribution in [0.5, 0.6) is 0 Å². The third-order valence-corrected chi connectivity index (χ3v) is 4.77. The number of hydrogen-bond donors (Lipinski definition) is 1. The van der Waals surface area contributed by atoms with E-state index in [1.807, 2.05) is 7.05 Å². The topological polar surface area (TPSA) is 17.0 Å². The third-order valence-electron chi connectivity index (χ3n) is 4.77.